The molecule has 0 aromatic heterocycles. The summed E-state index contributed by atoms with van der Waals surface area (Å²) < 4.78 is 0. The van der Waals surface area contributed by atoms with Crippen LogP contribution in [0.4, 0.5) is 5.69 Å². The van der Waals surface area contributed by atoms with E-state index in [4.69, 9.17) is 34.8 Å². The number of amides is 2. The van der Waals surface area contributed by atoms with Gasteiger partial charge in [-0.3, -0.25) is 20.4 Å². The van der Waals surface area contributed by atoms with Gasteiger partial charge in [-0.1, -0.05) is 48.7 Å². The second-order valence-electron chi connectivity index (χ2n) is 4.78. The first-order valence-electron chi connectivity index (χ1n) is 6.20. The van der Waals surface area contributed by atoms with Crippen molar-refractivity contribution in [1.29, 1.82) is 0 Å². The lowest BCUT2D eigenvalue weighted by Crippen LogP contribution is -2.50. The van der Waals surface area contributed by atoms with Crippen LogP contribution in [0.3, 0.4) is 0 Å². The summed E-state index contributed by atoms with van der Waals surface area (Å²) in [6.45, 7) is 4.99. The lowest BCUT2D eigenvalue weighted by atomic mass is 10.0. The SMILES string of the molecule is CC(=O)N[C@H](C(=O)NNc1c(Cl)cc(Cl)cc1Cl)C(C)C. The first-order chi connectivity index (χ1) is 9.72. The van der Waals surface area contributed by atoms with Gasteiger partial charge in [0.15, 0.2) is 0 Å². The molecule has 2 amide bonds. The molecule has 116 valence electrons. The van der Waals surface area contributed by atoms with Gasteiger partial charge in [-0.25, -0.2) is 0 Å². The second kappa shape index (κ2) is 7.73. The van der Waals surface area contributed by atoms with E-state index in [2.05, 4.69) is 16.2 Å². The van der Waals surface area contributed by atoms with Crippen LogP contribution in [0.15, 0.2) is 12.1 Å². The van der Waals surface area contributed by atoms with Crippen molar-refractivity contribution < 1.29 is 9.59 Å². The minimum absolute atomic E-state index is 0.0770. The van der Waals surface area contributed by atoms with Gasteiger partial charge in [-0.15, -0.1) is 0 Å². The lowest BCUT2D eigenvalue weighted by molar-refractivity contribution is -0.128. The number of hydrogen-bond donors (Lipinski definition) is 3. The van der Waals surface area contributed by atoms with Crippen molar-refractivity contribution in [3.63, 3.8) is 0 Å². The van der Waals surface area contributed by atoms with Gasteiger partial charge in [0.1, 0.15) is 6.04 Å². The Balaban J connectivity index is 2.78. The van der Waals surface area contributed by atoms with Crippen LogP contribution in [-0.2, 0) is 9.59 Å². The van der Waals surface area contributed by atoms with Crippen LogP contribution >= 0.6 is 34.8 Å². The Labute approximate surface area is 138 Å². The van der Waals surface area contributed by atoms with Crippen molar-refractivity contribution in [2.24, 2.45) is 5.92 Å². The molecule has 0 unspecified atom stereocenters. The smallest absolute Gasteiger partial charge is 0.261 e. The third-order valence-corrected chi connectivity index (χ3v) is 3.44. The van der Waals surface area contributed by atoms with Crippen LogP contribution in [0, 0.1) is 5.92 Å². The van der Waals surface area contributed by atoms with E-state index < -0.39 is 11.9 Å². The number of hydrogen-bond acceptors (Lipinski definition) is 3. The summed E-state index contributed by atoms with van der Waals surface area (Å²) in [6.07, 6.45) is 0. The van der Waals surface area contributed by atoms with E-state index in [1.54, 1.807) is 0 Å². The van der Waals surface area contributed by atoms with Crippen molar-refractivity contribution in [2.45, 2.75) is 26.8 Å². The highest BCUT2D eigenvalue weighted by atomic mass is 35.5. The van der Waals surface area contributed by atoms with Gasteiger partial charge in [0.2, 0.25) is 5.91 Å². The average molecular weight is 353 g/mol. The molecule has 0 saturated carbocycles. The number of rotatable bonds is 5. The monoisotopic (exact) mass is 351 g/mol. The van der Waals surface area contributed by atoms with Crippen molar-refractivity contribution in [1.82, 2.24) is 10.7 Å². The maximum absolute atomic E-state index is 12.1. The summed E-state index contributed by atoms with van der Waals surface area (Å²) >= 11 is 17.8. The van der Waals surface area contributed by atoms with Crippen LogP contribution in [-0.4, -0.2) is 17.9 Å². The van der Waals surface area contributed by atoms with Crippen LogP contribution < -0.4 is 16.2 Å². The third-order valence-electron chi connectivity index (χ3n) is 2.63. The number of carbonyl (C=O) groups excluding carboxylic acids is 2. The Morgan fingerprint density at radius 1 is 1.10 bits per heavy atom. The fourth-order valence-corrected chi connectivity index (χ4v) is 2.53. The summed E-state index contributed by atoms with van der Waals surface area (Å²) in [5.41, 5.74) is 5.45. The maximum atomic E-state index is 12.1. The van der Waals surface area contributed by atoms with Crippen LogP contribution in [0.5, 0.6) is 0 Å². The van der Waals surface area contributed by atoms with Gasteiger partial charge >= 0.3 is 0 Å². The summed E-state index contributed by atoms with van der Waals surface area (Å²) in [4.78, 5) is 23.2. The van der Waals surface area contributed by atoms with Crippen molar-refractivity contribution >= 4 is 52.3 Å². The Hall–Kier alpha value is -1.17. The number of nitrogens with one attached hydrogen (secondary N) is 3. The van der Waals surface area contributed by atoms with Crippen LogP contribution in [0.2, 0.25) is 15.1 Å². The number of halogens is 3. The molecule has 0 spiro atoms. The molecule has 0 heterocycles. The van der Waals surface area contributed by atoms with E-state index in [-0.39, 0.29) is 21.9 Å². The Morgan fingerprint density at radius 3 is 2.05 bits per heavy atom. The Kier molecular flexibility index (Phi) is 6.58. The largest absolute Gasteiger partial charge is 0.344 e. The third kappa shape index (κ3) is 5.26. The van der Waals surface area contributed by atoms with Crippen molar-refractivity contribution in [2.75, 3.05) is 5.43 Å². The summed E-state index contributed by atoms with van der Waals surface area (Å²) in [7, 11) is 0. The number of hydrazine groups is 1. The molecule has 0 aliphatic heterocycles. The fraction of sp³-hybridized carbons (Fsp3) is 0.385. The first-order valence-corrected chi connectivity index (χ1v) is 7.33. The molecule has 1 aromatic carbocycles. The van der Waals surface area contributed by atoms with E-state index >= 15 is 0 Å². The number of anilines is 1. The molecule has 0 saturated heterocycles. The summed E-state index contributed by atoms with van der Waals surface area (Å²) in [6, 6.07) is 2.33. The zero-order valence-corrected chi connectivity index (χ0v) is 14.0. The standard InChI is InChI=1S/C13H16Cl3N3O2/c1-6(2)11(17-7(3)20)13(21)19-18-12-9(15)4-8(14)5-10(12)16/h4-6,11,18H,1-3H3,(H,17,20)(H,19,21)/t11-/m0/s1. The molecular weight excluding hydrogens is 337 g/mol. The molecule has 0 aliphatic rings. The summed E-state index contributed by atoms with van der Waals surface area (Å²) in [5.74, 6) is -0.763. The molecule has 1 rings (SSSR count). The minimum atomic E-state index is -0.667. The number of carbonyl (C=O) groups is 2. The highest BCUT2D eigenvalue weighted by Gasteiger charge is 2.23. The highest BCUT2D eigenvalue weighted by Crippen LogP contribution is 2.33. The van der Waals surface area contributed by atoms with Crippen molar-refractivity contribution in [3.05, 3.63) is 27.2 Å². The van der Waals surface area contributed by atoms with E-state index in [1.165, 1.54) is 19.1 Å². The van der Waals surface area contributed by atoms with E-state index in [9.17, 15) is 9.59 Å². The molecule has 0 aliphatic carbocycles. The summed E-state index contributed by atoms with van der Waals surface area (Å²) in [5, 5.41) is 3.51. The molecule has 1 aromatic rings. The second-order valence-corrected chi connectivity index (χ2v) is 6.03. The lowest BCUT2D eigenvalue weighted by Gasteiger charge is -2.21. The predicted octanol–water partition coefficient (Wildman–Crippen LogP) is 3.25. The van der Waals surface area contributed by atoms with Gasteiger partial charge in [0.25, 0.3) is 5.91 Å². The molecule has 0 radical (unpaired) electrons. The Morgan fingerprint density at radius 2 is 1.62 bits per heavy atom. The molecule has 0 bridgehead atoms. The quantitative estimate of drug-likeness (QED) is 0.712. The van der Waals surface area contributed by atoms with Crippen LogP contribution in [0.25, 0.3) is 0 Å². The molecule has 0 fully saturated rings. The first kappa shape index (κ1) is 17.9. The predicted molar refractivity (Wildman–Crippen MR) is 85.7 cm³/mol. The topological polar surface area (TPSA) is 70.2 Å². The van der Waals surface area contributed by atoms with Crippen molar-refractivity contribution in [3.8, 4) is 0 Å². The highest BCUT2D eigenvalue weighted by molar-refractivity contribution is 6.41. The number of benzene rings is 1. The van der Waals surface area contributed by atoms with Gasteiger partial charge in [-0.05, 0) is 18.1 Å². The minimum Gasteiger partial charge on any atom is -0.344 e. The maximum Gasteiger partial charge on any atom is 0.261 e. The molecule has 8 heteroatoms. The average Bonchev–Trinajstić information content (AvgIpc) is 2.33. The molecule has 21 heavy (non-hydrogen) atoms. The van der Waals surface area contributed by atoms with Gasteiger partial charge < -0.3 is 5.32 Å². The zero-order valence-electron chi connectivity index (χ0n) is 11.8. The van der Waals surface area contributed by atoms with Crippen LogP contribution in [0.1, 0.15) is 20.8 Å². The normalized spacial score (nSPS) is 12.0. The molecular formula is C13H16Cl3N3O2. The zero-order chi connectivity index (χ0) is 16.2. The molecule has 3 N–H and O–H groups in total. The van der Waals surface area contributed by atoms with E-state index in [0.29, 0.717) is 10.7 Å². The Bertz CT molecular complexity index is 526. The van der Waals surface area contributed by atoms with Gasteiger partial charge in [0, 0.05) is 11.9 Å². The van der Waals surface area contributed by atoms with Gasteiger partial charge in [-0.2, -0.15) is 0 Å². The van der Waals surface area contributed by atoms with E-state index in [1.807, 2.05) is 13.8 Å². The molecule has 5 nitrogen and oxygen atoms in total. The fourth-order valence-electron chi connectivity index (χ4n) is 1.62. The van der Waals surface area contributed by atoms with E-state index in [0.717, 1.165) is 0 Å². The molecule has 1 atom stereocenters. The van der Waals surface area contributed by atoms with Gasteiger partial charge in [0.05, 0.1) is 15.7 Å².